The first-order chi connectivity index (χ1) is 8.08. The van der Waals surface area contributed by atoms with Crippen molar-refractivity contribution in [3.05, 3.63) is 35.4 Å². The molecule has 90 valence electrons. The Bertz CT molecular complexity index is 533. The zero-order valence-electron chi connectivity index (χ0n) is 10.3. The Morgan fingerprint density at radius 3 is 2.71 bits per heavy atom. The van der Waals surface area contributed by atoms with E-state index in [9.17, 15) is 0 Å². The topological polar surface area (TPSA) is 66.0 Å². The molecule has 2 N–H and O–H groups in total. The summed E-state index contributed by atoms with van der Waals surface area (Å²) in [7, 11) is 1.84. The molecule has 5 heteroatoms. The van der Waals surface area contributed by atoms with Gasteiger partial charge in [0.1, 0.15) is 18.7 Å². The van der Waals surface area contributed by atoms with Crippen LogP contribution >= 0.6 is 0 Å². The highest BCUT2D eigenvalue weighted by atomic mass is 16.5. The van der Waals surface area contributed by atoms with Crippen molar-refractivity contribution < 1.29 is 4.74 Å². The summed E-state index contributed by atoms with van der Waals surface area (Å²) < 4.78 is 7.38. The van der Waals surface area contributed by atoms with Gasteiger partial charge in [-0.25, -0.2) is 4.98 Å². The molecule has 1 aromatic carbocycles. The second-order valence-electron chi connectivity index (χ2n) is 4.06. The third-order valence-electron chi connectivity index (χ3n) is 2.73. The van der Waals surface area contributed by atoms with Crippen LogP contribution in [0.5, 0.6) is 5.75 Å². The number of rotatable bonds is 3. The molecule has 0 aliphatic rings. The van der Waals surface area contributed by atoms with Crippen molar-refractivity contribution in [2.75, 3.05) is 5.73 Å². The number of nitrogens with zero attached hydrogens (tertiary/aromatic N) is 3. The van der Waals surface area contributed by atoms with Gasteiger partial charge in [-0.05, 0) is 25.0 Å². The first kappa shape index (κ1) is 11.4. The van der Waals surface area contributed by atoms with Crippen molar-refractivity contribution in [2.45, 2.75) is 20.5 Å². The predicted octanol–water partition coefficient (Wildman–Crippen LogP) is 1.59. The van der Waals surface area contributed by atoms with E-state index in [0.717, 1.165) is 28.4 Å². The maximum absolute atomic E-state index is 5.86. The van der Waals surface area contributed by atoms with Crippen molar-refractivity contribution in [3.63, 3.8) is 0 Å². The van der Waals surface area contributed by atoms with E-state index in [1.807, 2.05) is 33.0 Å². The van der Waals surface area contributed by atoms with Gasteiger partial charge in [0.2, 0.25) is 0 Å². The van der Waals surface area contributed by atoms with Gasteiger partial charge in [-0.15, -0.1) is 0 Å². The molecule has 0 radical (unpaired) electrons. The summed E-state index contributed by atoms with van der Waals surface area (Å²) in [6.45, 7) is 4.37. The van der Waals surface area contributed by atoms with Crippen LogP contribution in [-0.4, -0.2) is 14.8 Å². The lowest BCUT2D eigenvalue weighted by atomic mass is 10.1. The highest BCUT2D eigenvalue weighted by molar-refractivity contribution is 5.54. The van der Waals surface area contributed by atoms with E-state index in [1.165, 1.54) is 6.33 Å². The Hall–Kier alpha value is -2.04. The second-order valence-corrected chi connectivity index (χ2v) is 4.06. The van der Waals surface area contributed by atoms with Crippen LogP contribution in [0.3, 0.4) is 0 Å². The number of anilines is 1. The van der Waals surface area contributed by atoms with Gasteiger partial charge in [-0.2, -0.15) is 5.10 Å². The van der Waals surface area contributed by atoms with Crippen LogP contribution in [0.15, 0.2) is 18.5 Å². The Morgan fingerprint density at radius 1 is 1.29 bits per heavy atom. The number of nitrogens with two attached hydrogens (primary N) is 1. The molecule has 5 nitrogen and oxygen atoms in total. The standard InChI is InChI=1S/C12H16N4O/c1-8-4-9(2)11(5-10(8)13)17-6-12-14-7-15-16(12)3/h4-5,7H,6,13H2,1-3H3. The zero-order valence-corrected chi connectivity index (χ0v) is 10.3. The van der Waals surface area contributed by atoms with Gasteiger partial charge in [0.05, 0.1) is 0 Å². The smallest absolute Gasteiger partial charge is 0.164 e. The van der Waals surface area contributed by atoms with Crippen molar-refractivity contribution in [2.24, 2.45) is 7.05 Å². The van der Waals surface area contributed by atoms with Gasteiger partial charge in [0, 0.05) is 18.8 Å². The van der Waals surface area contributed by atoms with Crippen molar-refractivity contribution >= 4 is 5.69 Å². The molecule has 0 amide bonds. The third-order valence-corrected chi connectivity index (χ3v) is 2.73. The van der Waals surface area contributed by atoms with E-state index in [2.05, 4.69) is 10.1 Å². The molecule has 0 atom stereocenters. The van der Waals surface area contributed by atoms with Crippen molar-refractivity contribution in [3.8, 4) is 5.75 Å². The molecule has 1 aromatic heterocycles. The summed E-state index contributed by atoms with van der Waals surface area (Å²) in [6.07, 6.45) is 1.51. The molecule has 1 heterocycles. The van der Waals surface area contributed by atoms with E-state index >= 15 is 0 Å². The normalized spacial score (nSPS) is 10.5. The fraction of sp³-hybridized carbons (Fsp3) is 0.333. The molecule has 0 aliphatic carbocycles. The van der Waals surface area contributed by atoms with E-state index in [0.29, 0.717) is 6.61 Å². The minimum atomic E-state index is 0.389. The minimum absolute atomic E-state index is 0.389. The zero-order chi connectivity index (χ0) is 12.4. The van der Waals surface area contributed by atoms with Gasteiger partial charge in [0.15, 0.2) is 5.82 Å². The maximum Gasteiger partial charge on any atom is 0.164 e. The van der Waals surface area contributed by atoms with Crippen LogP contribution in [0.4, 0.5) is 5.69 Å². The fourth-order valence-corrected chi connectivity index (χ4v) is 1.60. The number of ether oxygens (including phenoxy) is 1. The number of hydrogen-bond acceptors (Lipinski definition) is 4. The quantitative estimate of drug-likeness (QED) is 0.816. The number of benzene rings is 1. The summed E-state index contributed by atoms with van der Waals surface area (Å²) in [4.78, 5) is 4.10. The van der Waals surface area contributed by atoms with E-state index < -0.39 is 0 Å². The molecule has 2 rings (SSSR count). The highest BCUT2D eigenvalue weighted by Crippen LogP contribution is 2.24. The molecular weight excluding hydrogens is 216 g/mol. The highest BCUT2D eigenvalue weighted by Gasteiger charge is 2.06. The number of nitrogen functional groups attached to an aromatic ring is 1. The van der Waals surface area contributed by atoms with Crippen LogP contribution in [0.25, 0.3) is 0 Å². The molecule has 0 saturated heterocycles. The lowest BCUT2D eigenvalue weighted by Gasteiger charge is -2.11. The predicted molar refractivity (Wildman–Crippen MR) is 65.7 cm³/mol. The van der Waals surface area contributed by atoms with E-state index in [-0.39, 0.29) is 0 Å². The average molecular weight is 232 g/mol. The first-order valence-corrected chi connectivity index (χ1v) is 5.40. The molecule has 0 saturated carbocycles. The van der Waals surface area contributed by atoms with Crippen LogP contribution in [-0.2, 0) is 13.7 Å². The van der Waals surface area contributed by atoms with Crippen LogP contribution in [0, 0.1) is 13.8 Å². The summed E-state index contributed by atoms with van der Waals surface area (Å²) in [5, 5.41) is 3.98. The average Bonchev–Trinajstić information content (AvgIpc) is 2.68. The van der Waals surface area contributed by atoms with Crippen LogP contribution < -0.4 is 10.5 Å². The molecular formula is C12H16N4O. The van der Waals surface area contributed by atoms with Crippen LogP contribution in [0.2, 0.25) is 0 Å². The Labute approximate surface area is 100 Å². The Morgan fingerprint density at radius 2 is 2.06 bits per heavy atom. The number of aryl methyl sites for hydroxylation is 3. The first-order valence-electron chi connectivity index (χ1n) is 5.40. The molecule has 0 spiro atoms. The van der Waals surface area contributed by atoms with Gasteiger partial charge >= 0.3 is 0 Å². The monoisotopic (exact) mass is 232 g/mol. The number of hydrogen-bond donors (Lipinski definition) is 1. The molecule has 2 aromatic rings. The molecule has 0 unspecified atom stereocenters. The van der Waals surface area contributed by atoms with Gasteiger partial charge in [-0.1, -0.05) is 6.07 Å². The fourth-order valence-electron chi connectivity index (χ4n) is 1.60. The second kappa shape index (κ2) is 4.45. The van der Waals surface area contributed by atoms with E-state index in [1.54, 1.807) is 4.68 Å². The molecule has 0 fully saturated rings. The summed E-state index contributed by atoms with van der Waals surface area (Å²) in [6, 6.07) is 3.86. The molecule has 17 heavy (non-hydrogen) atoms. The van der Waals surface area contributed by atoms with Crippen LogP contribution in [0.1, 0.15) is 17.0 Å². The van der Waals surface area contributed by atoms with Crippen molar-refractivity contribution in [1.29, 1.82) is 0 Å². The largest absolute Gasteiger partial charge is 0.485 e. The molecule has 0 aliphatic heterocycles. The minimum Gasteiger partial charge on any atom is -0.485 e. The van der Waals surface area contributed by atoms with Gasteiger partial charge < -0.3 is 10.5 Å². The summed E-state index contributed by atoms with van der Waals surface area (Å²) in [5.74, 6) is 1.57. The maximum atomic E-state index is 5.86. The van der Waals surface area contributed by atoms with Gasteiger partial charge in [-0.3, -0.25) is 4.68 Å². The summed E-state index contributed by atoms with van der Waals surface area (Å²) >= 11 is 0. The van der Waals surface area contributed by atoms with Gasteiger partial charge in [0.25, 0.3) is 0 Å². The van der Waals surface area contributed by atoms with E-state index in [4.69, 9.17) is 10.5 Å². The molecule has 0 bridgehead atoms. The summed E-state index contributed by atoms with van der Waals surface area (Å²) in [5.41, 5.74) is 8.73. The lowest BCUT2D eigenvalue weighted by molar-refractivity contribution is 0.288. The Kier molecular flexibility index (Phi) is 2.99. The third kappa shape index (κ3) is 2.38. The SMILES string of the molecule is Cc1cc(C)c(OCc2ncnn2C)cc1N. The van der Waals surface area contributed by atoms with Crippen molar-refractivity contribution in [1.82, 2.24) is 14.8 Å². The Balaban J connectivity index is 2.14. The lowest BCUT2D eigenvalue weighted by Crippen LogP contribution is -2.05. The number of aromatic nitrogens is 3.